The van der Waals surface area contributed by atoms with E-state index in [9.17, 15) is 0 Å². The normalized spacial score (nSPS) is 15.2. The summed E-state index contributed by atoms with van der Waals surface area (Å²) in [6, 6.07) is 0.312. The van der Waals surface area contributed by atoms with Crippen molar-refractivity contribution in [1.29, 1.82) is 0 Å². The zero-order valence-corrected chi connectivity index (χ0v) is 9.22. The van der Waals surface area contributed by atoms with E-state index in [0.717, 1.165) is 19.5 Å². The summed E-state index contributed by atoms with van der Waals surface area (Å²) in [7, 11) is 2.13. The van der Waals surface area contributed by atoms with E-state index in [0.29, 0.717) is 6.04 Å². The topological polar surface area (TPSA) is 29.3 Å². The largest absolute Gasteiger partial charge is 0.327 e. The number of nitrogens with two attached hydrogens (primary N) is 1. The first-order chi connectivity index (χ1) is 5.38. The quantitative estimate of drug-likeness (QED) is 0.699. The molecule has 0 aliphatic heterocycles. The van der Waals surface area contributed by atoms with Crippen LogP contribution >= 0.6 is 0 Å². The fourth-order valence-electron chi connectivity index (χ4n) is 0.951. The number of hydrogen-bond acceptors (Lipinski definition) is 2. The first kappa shape index (κ1) is 11.9. The average molecular weight is 172 g/mol. The Bertz CT molecular complexity index is 115. The Labute approximate surface area is 77.1 Å². The fourth-order valence-corrected chi connectivity index (χ4v) is 0.951. The molecule has 0 aromatic carbocycles. The van der Waals surface area contributed by atoms with E-state index in [2.05, 4.69) is 39.6 Å². The van der Waals surface area contributed by atoms with Crippen LogP contribution in [0.15, 0.2) is 0 Å². The molecule has 0 aliphatic carbocycles. The molecule has 0 aliphatic rings. The lowest BCUT2D eigenvalue weighted by Gasteiger charge is -2.28. The molecule has 0 amide bonds. The minimum atomic E-state index is 0.245. The Hall–Kier alpha value is -0.0800. The van der Waals surface area contributed by atoms with Crippen molar-refractivity contribution in [2.75, 3.05) is 20.1 Å². The summed E-state index contributed by atoms with van der Waals surface area (Å²) in [5.41, 5.74) is 6.27. The van der Waals surface area contributed by atoms with Crippen molar-refractivity contribution >= 4 is 0 Å². The second-order valence-electron chi connectivity index (χ2n) is 4.66. The molecule has 0 radical (unpaired) electrons. The van der Waals surface area contributed by atoms with Crippen LogP contribution in [0.2, 0.25) is 0 Å². The summed E-state index contributed by atoms with van der Waals surface area (Å²) in [5.74, 6) is 0. The molecule has 74 valence electrons. The van der Waals surface area contributed by atoms with Crippen molar-refractivity contribution < 1.29 is 0 Å². The molecule has 0 rings (SSSR count). The van der Waals surface area contributed by atoms with Gasteiger partial charge in [0, 0.05) is 6.04 Å². The van der Waals surface area contributed by atoms with Crippen LogP contribution in [0.5, 0.6) is 0 Å². The summed E-state index contributed by atoms with van der Waals surface area (Å²) in [6.07, 6.45) is 1.09. The van der Waals surface area contributed by atoms with Gasteiger partial charge in [0.1, 0.15) is 0 Å². The van der Waals surface area contributed by atoms with E-state index in [-0.39, 0.29) is 5.41 Å². The first-order valence-corrected chi connectivity index (χ1v) is 4.82. The van der Waals surface area contributed by atoms with Crippen LogP contribution in [0.4, 0.5) is 0 Å². The van der Waals surface area contributed by atoms with E-state index in [1.165, 1.54) is 0 Å². The van der Waals surface area contributed by atoms with Gasteiger partial charge in [-0.15, -0.1) is 0 Å². The molecule has 2 nitrogen and oxygen atoms in total. The van der Waals surface area contributed by atoms with Gasteiger partial charge in [-0.3, -0.25) is 0 Å². The van der Waals surface area contributed by atoms with Crippen LogP contribution in [-0.2, 0) is 0 Å². The zero-order chi connectivity index (χ0) is 9.78. The lowest BCUT2D eigenvalue weighted by molar-refractivity contribution is 0.261. The van der Waals surface area contributed by atoms with E-state index in [1.54, 1.807) is 0 Å². The van der Waals surface area contributed by atoms with Crippen molar-refractivity contribution in [2.45, 2.75) is 40.2 Å². The average Bonchev–Trinajstić information content (AvgIpc) is 1.97. The van der Waals surface area contributed by atoms with Gasteiger partial charge in [0.05, 0.1) is 0 Å². The number of rotatable bonds is 4. The third-order valence-corrected chi connectivity index (χ3v) is 2.47. The summed E-state index contributed by atoms with van der Waals surface area (Å²) < 4.78 is 0. The molecule has 0 saturated heterocycles. The van der Waals surface area contributed by atoms with Crippen LogP contribution in [0.1, 0.15) is 34.1 Å². The van der Waals surface area contributed by atoms with Crippen molar-refractivity contribution in [3.05, 3.63) is 0 Å². The molecule has 0 heterocycles. The van der Waals surface area contributed by atoms with Gasteiger partial charge in [-0.25, -0.2) is 0 Å². The lowest BCUT2D eigenvalue weighted by Crippen LogP contribution is -2.38. The molecule has 0 aromatic rings. The van der Waals surface area contributed by atoms with Crippen LogP contribution < -0.4 is 5.73 Å². The Balaban J connectivity index is 3.64. The number of hydrogen-bond donors (Lipinski definition) is 1. The molecule has 1 atom stereocenters. The molecule has 0 fully saturated rings. The highest BCUT2D eigenvalue weighted by Gasteiger charge is 2.20. The van der Waals surface area contributed by atoms with Gasteiger partial charge in [0.2, 0.25) is 0 Å². The second-order valence-corrected chi connectivity index (χ2v) is 4.66. The van der Waals surface area contributed by atoms with Crippen LogP contribution in [0.25, 0.3) is 0 Å². The maximum atomic E-state index is 6.03. The van der Waals surface area contributed by atoms with Gasteiger partial charge in [-0.2, -0.15) is 0 Å². The second kappa shape index (κ2) is 4.83. The Kier molecular flexibility index (Phi) is 4.80. The van der Waals surface area contributed by atoms with Crippen molar-refractivity contribution in [2.24, 2.45) is 11.1 Å². The standard InChI is InChI=1S/C10H24N2/c1-6-12(5)8-7-9(11)10(2,3)4/h9H,6-8,11H2,1-5H3. The Morgan fingerprint density at radius 3 is 2.17 bits per heavy atom. The summed E-state index contributed by atoms with van der Waals surface area (Å²) in [5, 5.41) is 0. The third-order valence-electron chi connectivity index (χ3n) is 2.47. The Morgan fingerprint density at radius 1 is 1.33 bits per heavy atom. The minimum absolute atomic E-state index is 0.245. The van der Waals surface area contributed by atoms with Crippen molar-refractivity contribution in [1.82, 2.24) is 4.90 Å². The van der Waals surface area contributed by atoms with Gasteiger partial charge in [-0.05, 0) is 32.0 Å². The van der Waals surface area contributed by atoms with E-state index >= 15 is 0 Å². The van der Waals surface area contributed by atoms with E-state index in [4.69, 9.17) is 5.73 Å². The SMILES string of the molecule is CCN(C)CCC(N)C(C)(C)C. The minimum Gasteiger partial charge on any atom is -0.327 e. The van der Waals surface area contributed by atoms with Crippen LogP contribution in [0.3, 0.4) is 0 Å². The summed E-state index contributed by atoms with van der Waals surface area (Å²) >= 11 is 0. The van der Waals surface area contributed by atoms with Crippen LogP contribution in [-0.4, -0.2) is 31.1 Å². The lowest BCUT2D eigenvalue weighted by atomic mass is 9.85. The molecular formula is C10H24N2. The summed E-state index contributed by atoms with van der Waals surface area (Å²) in [6.45, 7) is 11.0. The molecule has 1 unspecified atom stereocenters. The molecule has 0 bridgehead atoms. The maximum Gasteiger partial charge on any atom is 0.00998 e. The maximum absolute atomic E-state index is 6.03. The highest BCUT2D eigenvalue weighted by molar-refractivity contribution is 4.77. The predicted octanol–water partition coefficient (Wildman–Crippen LogP) is 1.70. The van der Waals surface area contributed by atoms with Crippen LogP contribution in [0, 0.1) is 5.41 Å². The van der Waals surface area contributed by atoms with Gasteiger partial charge >= 0.3 is 0 Å². The molecule has 2 heteroatoms. The van der Waals surface area contributed by atoms with Crippen molar-refractivity contribution in [3.63, 3.8) is 0 Å². The highest BCUT2D eigenvalue weighted by Crippen LogP contribution is 2.19. The van der Waals surface area contributed by atoms with Gasteiger partial charge in [0.15, 0.2) is 0 Å². The van der Waals surface area contributed by atoms with Crippen molar-refractivity contribution in [3.8, 4) is 0 Å². The van der Waals surface area contributed by atoms with E-state index < -0.39 is 0 Å². The molecule has 12 heavy (non-hydrogen) atoms. The first-order valence-electron chi connectivity index (χ1n) is 4.82. The zero-order valence-electron chi connectivity index (χ0n) is 9.22. The third kappa shape index (κ3) is 4.73. The fraction of sp³-hybridized carbons (Fsp3) is 1.00. The molecule has 0 spiro atoms. The molecule has 2 N–H and O–H groups in total. The molecule has 0 aromatic heterocycles. The predicted molar refractivity (Wildman–Crippen MR) is 55.2 cm³/mol. The Morgan fingerprint density at radius 2 is 1.83 bits per heavy atom. The highest BCUT2D eigenvalue weighted by atomic mass is 15.1. The molecule has 0 saturated carbocycles. The monoisotopic (exact) mass is 172 g/mol. The van der Waals surface area contributed by atoms with Gasteiger partial charge in [-0.1, -0.05) is 27.7 Å². The van der Waals surface area contributed by atoms with E-state index in [1.807, 2.05) is 0 Å². The number of nitrogens with zero attached hydrogens (tertiary/aromatic N) is 1. The smallest absolute Gasteiger partial charge is 0.00998 e. The van der Waals surface area contributed by atoms with Gasteiger partial charge in [0.25, 0.3) is 0 Å². The molecular weight excluding hydrogens is 148 g/mol. The van der Waals surface area contributed by atoms with Gasteiger partial charge < -0.3 is 10.6 Å². The summed E-state index contributed by atoms with van der Waals surface area (Å²) in [4.78, 5) is 2.30.